The molecule has 2 nitrogen and oxygen atoms in total. The Bertz CT molecular complexity index is 335. The number of rotatable bonds is 2. The fourth-order valence-corrected chi connectivity index (χ4v) is 1.88. The van der Waals surface area contributed by atoms with Crippen molar-refractivity contribution in [1.29, 1.82) is 0 Å². The average Bonchev–Trinajstić information content (AvgIpc) is 2.55. The molecule has 0 aliphatic carbocycles. The van der Waals surface area contributed by atoms with Crippen LogP contribution < -0.4 is 0 Å². The minimum absolute atomic E-state index is 1.02. The maximum absolute atomic E-state index is 4.28. The van der Waals surface area contributed by atoms with Gasteiger partial charge >= 0.3 is 0 Å². The third-order valence-corrected chi connectivity index (χ3v) is 3.05. The van der Waals surface area contributed by atoms with Gasteiger partial charge in [-0.05, 0) is 26.3 Å². The third kappa shape index (κ3) is 2.58. The SMILES string of the molecule is CC/C(C)=C/C=C1/SN=C(C)/C1=N/C. The Labute approximate surface area is 90.1 Å². The molecule has 0 amide bonds. The molecule has 3 heteroatoms. The second-order valence-corrected chi connectivity index (χ2v) is 4.04. The molecule has 0 unspecified atom stereocenters. The van der Waals surface area contributed by atoms with E-state index in [9.17, 15) is 0 Å². The van der Waals surface area contributed by atoms with Crippen LogP contribution in [-0.2, 0) is 0 Å². The van der Waals surface area contributed by atoms with Gasteiger partial charge in [0, 0.05) is 19.0 Å². The summed E-state index contributed by atoms with van der Waals surface area (Å²) in [4.78, 5) is 5.37. The fourth-order valence-electron chi connectivity index (χ4n) is 1.10. The lowest BCUT2D eigenvalue weighted by Crippen LogP contribution is -2.05. The van der Waals surface area contributed by atoms with E-state index in [0.29, 0.717) is 0 Å². The Balaban J connectivity index is 2.83. The van der Waals surface area contributed by atoms with E-state index in [2.05, 4.69) is 35.4 Å². The Hall–Kier alpha value is -0.830. The minimum atomic E-state index is 1.02. The van der Waals surface area contributed by atoms with Crippen molar-refractivity contribution < 1.29 is 0 Å². The molecule has 14 heavy (non-hydrogen) atoms. The molecule has 0 radical (unpaired) electrons. The van der Waals surface area contributed by atoms with Gasteiger partial charge in [-0.15, -0.1) is 0 Å². The molecule has 1 aliphatic heterocycles. The van der Waals surface area contributed by atoms with Crippen LogP contribution in [0.4, 0.5) is 0 Å². The molecule has 76 valence electrons. The lowest BCUT2D eigenvalue weighted by atomic mass is 10.2. The first-order valence-corrected chi connectivity index (χ1v) is 5.53. The molecule has 0 aromatic carbocycles. The Kier molecular flexibility index (Phi) is 4.14. The number of nitrogens with zero attached hydrogens (tertiary/aromatic N) is 2. The second kappa shape index (κ2) is 5.15. The largest absolute Gasteiger partial charge is 0.286 e. The second-order valence-electron chi connectivity index (χ2n) is 3.24. The van der Waals surface area contributed by atoms with Gasteiger partial charge in [0.05, 0.1) is 16.3 Å². The van der Waals surface area contributed by atoms with Crippen LogP contribution in [0.3, 0.4) is 0 Å². The van der Waals surface area contributed by atoms with Crippen LogP contribution in [0.25, 0.3) is 0 Å². The summed E-state index contributed by atoms with van der Waals surface area (Å²) in [5.74, 6) is 0. The summed E-state index contributed by atoms with van der Waals surface area (Å²) < 4.78 is 4.28. The van der Waals surface area contributed by atoms with Crippen LogP contribution in [0.5, 0.6) is 0 Å². The Morgan fingerprint density at radius 1 is 1.57 bits per heavy atom. The quantitative estimate of drug-likeness (QED) is 0.638. The average molecular weight is 208 g/mol. The summed E-state index contributed by atoms with van der Waals surface area (Å²) >= 11 is 1.51. The topological polar surface area (TPSA) is 24.7 Å². The normalized spacial score (nSPS) is 23.4. The number of hydrogen-bond donors (Lipinski definition) is 0. The van der Waals surface area contributed by atoms with Crippen molar-refractivity contribution in [1.82, 2.24) is 0 Å². The van der Waals surface area contributed by atoms with Gasteiger partial charge < -0.3 is 0 Å². The predicted octanol–water partition coefficient (Wildman–Crippen LogP) is 3.42. The van der Waals surface area contributed by atoms with Gasteiger partial charge in [0.2, 0.25) is 0 Å². The van der Waals surface area contributed by atoms with Crippen LogP contribution in [-0.4, -0.2) is 18.5 Å². The lowest BCUT2D eigenvalue weighted by molar-refractivity contribution is 1.10. The molecular weight excluding hydrogens is 192 g/mol. The zero-order chi connectivity index (χ0) is 10.6. The molecule has 1 aliphatic rings. The molecule has 0 N–H and O–H groups in total. The van der Waals surface area contributed by atoms with Gasteiger partial charge in [0.1, 0.15) is 0 Å². The lowest BCUT2D eigenvalue weighted by Gasteiger charge is -1.96. The molecule has 0 saturated carbocycles. The highest BCUT2D eigenvalue weighted by Gasteiger charge is 2.16. The van der Waals surface area contributed by atoms with Crippen LogP contribution in [0.1, 0.15) is 27.2 Å². The molecule has 1 heterocycles. The van der Waals surface area contributed by atoms with Crippen molar-refractivity contribution in [2.24, 2.45) is 9.39 Å². The number of aliphatic imine (C=N–C) groups is 1. The molecule has 0 spiro atoms. The van der Waals surface area contributed by atoms with E-state index in [0.717, 1.165) is 22.7 Å². The smallest absolute Gasteiger partial charge is 0.0944 e. The molecule has 0 aromatic rings. The Morgan fingerprint density at radius 2 is 2.29 bits per heavy atom. The van der Waals surface area contributed by atoms with Gasteiger partial charge in [0.25, 0.3) is 0 Å². The molecule has 0 aromatic heterocycles. The maximum atomic E-state index is 4.28. The highest BCUT2D eigenvalue weighted by molar-refractivity contribution is 8.03. The highest BCUT2D eigenvalue weighted by Crippen LogP contribution is 2.27. The van der Waals surface area contributed by atoms with Crippen molar-refractivity contribution >= 4 is 23.4 Å². The predicted molar refractivity (Wildman–Crippen MR) is 66.2 cm³/mol. The van der Waals surface area contributed by atoms with E-state index in [1.807, 2.05) is 14.0 Å². The molecular formula is C11H16N2S. The molecule has 0 saturated heterocycles. The van der Waals surface area contributed by atoms with E-state index in [1.165, 1.54) is 17.5 Å². The summed E-state index contributed by atoms with van der Waals surface area (Å²) in [7, 11) is 1.81. The summed E-state index contributed by atoms with van der Waals surface area (Å²) in [5, 5.41) is 0. The zero-order valence-corrected chi connectivity index (χ0v) is 9.98. The van der Waals surface area contributed by atoms with Crippen LogP contribution in [0, 0.1) is 0 Å². The van der Waals surface area contributed by atoms with Crippen LogP contribution in [0.2, 0.25) is 0 Å². The van der Waals surface area contributed by atoms with E-state index < -0.39 is 0 Å². The summed E-state index contributed by atoms with van der Waals surface area (Å²) in [5.41, 5.74) is 3.42. The first kappa shape index (κ1) is 11.2. The van der Waals surface area contributed by atoms with Gasteiger partial charge in [-0.25, -0.2) is 4.40 Å². The van der Waals surface area contributed by atoms with Crippen molar-refractivity contribution in [3.63, 3.8) is 0 Å². The monoisotopic (exact) mass is 208 g/mol. The van der Waals surface area contributed by atoms with Gasteiger partial charge in [-0.1, -0.05) is 18.6 Å². The zero-order valence-electron chi connectivity index (χ0n) is 9.16. The molecule has 1 rings (SSSR count). The van der Waals surface area contributed by atoms with Gasteiger partial charge in [-0.2, -0.15) is 0 Å². The minimum Gasteiger partial charge on any atom is -0.286 e. The van der Waals surface area contributed by atoms with E-state index >= 15 is 0 Å². The first-order chi connectivity index (χ1) is 6.69. The first-order valence-electron chi connectivity index (χ1n) is 4.75. The standard InChI is InChI=1S/C11H16N2S/c1-5-8(2)6-7-10-11(12-4)9(3)13-14-10/h6-7H,5H2,1-4H3/b8-6+,10-7+,12-11-. The summed E-state index contributed by atoms with van der Waals surface area (Å²) in [6, 6.07) is 0. The maximum Gasteiger partial charge on any atom is 0.0944 e. The van der Waals surface area contributed by atoms with Crippen molar-refractivity contribution in [2.75, 3.05) is 7.05 Å². The van der Waals surface area contributed by atoms with Gasteiger partial charge in [-0.3, -0.25) is 4.99 Å². The van der Waals surface area contributed by atoms with Crippen LogP contribution in [0.15, 0.2) is 32.0 Å². The molecule has 0 fully saturated rings. The van der Waals surface area contributed by atoms with E-state index in [1.54, 1.807) is 0 Å². The van der Waals surface area contributed by atoms with E-state index in [4.69, 9.17) is 0 Å². The fraction of sp³-hybridized carbons (Fsp3) is 0.455. The molecule has 0 bridgehead atoms. The summed E-state index contributed by atoms with van der Waals surface area (Å²) in [6.45, 7) is 6.28. The summed E-state index contributed by atoms with van der Waals surface area (Å²) in [6.07, 6.45) is 5.33. The van der Waals surface area contributed by atoms with Crippen molar-refractivity contribution in [2.45, 2.75) is 27.2 Å². The third-order valence-electron chi connectivity index (χ3n) is 2.16. The highest BCUT2D eigenvalue weighted by atomic mass is 32.2. The Morgan fingerprint density at radius 3 is 2.86 bits per heavy atom. The van der Waals surface area contributed by atoms with Crippen molar-refractivity contribution in [3.05, 3.63) is 22.6 Å². The van der Waals surface area contributed by atoms with Crippen LogP contribution >= 0.6 is 11.9 Å². The van der Waals surface area contributed by atoms with E-state index in [-0.39, 0.29) is 0 Å². The number of allylic oxidation sites excluding steroid dienone is 4. The van der Waals surface area contributed by atoms with Gasteiger partial charge in [0.15, 0.2) is 0 Å². The molecule has 0 atom stereocenters. The van der Waals surface area contributed by atoms with Crippen molar-refractivity contribution in [3.8, 4) is 0 Å². The number of hydrogen-bond acceptors (Lipinski definition) is 3.